The first kappa shape index (κ1) is 16.4. The van der Waals surface area contributed by atoms with Gasteiger partial charge in [-0.05, 0) is 25.3 Å². The maximum Gasteiger partial charge on any atom is 0.345 e. The molecule has 0 aliphatic carbocycles. The van der Waals surface area contributed by atoms with Crippen molar-refractivity contribution >= 4 is 17.7 Å². The van der Waals surface area contributed by atoms with Crippen LogP contribution in [0.2, 0.25) is 0 Å². The summed E-state index contributed by atoms with van der Waals surface area (Å²) >= 11 is 0. The first-order chi connectivity index (χ1) is 11.6. The first-order valence-corrected chi connectivity index (χ1v) is 8.10. The number of benzene rings is 1. The van der Waals surface area contributed by atoms with Gasteiger partial charge in [-0.25, -0.2) is 4.79 Å². The van der Waals surface area contributed by atoms with Crippen molar-refractivity contribution in [3.05, 3.63) is 35.9 Å². The first-order valence-electron chi connectivity index (χ1n) is 8.10. The summed E-state index contributed by atoms with van der Waals surface area (Å²) in [4.78, 5) is 43.0. The summed E-state index contributed by atoms with van der Waals surface area (Å²) in [6.45, 7) is 2.20. The molecule has 2 aliphatic heterocycles. The summed E-state index contributed by atoms with van der Waals surface area (Å²) in [7, 11) is 0. The number of hydroxylamine groups is 2. The predicted octanol–water partition coefficient (Wildman–Crippen LogP) is 1.09. The summed E-state index contributed by atoms with van der Waals surface area (Å²) in [5.41, 5.74) is 0.984. The van der Waals surface area contributed by atoms with Gasteiger partial charge in [-0.3, -0.25) is 14.4 Å². The Balaban J connectivity index is 1.60. The predicted molar refractivity (Wildman–Crippen MR) is 85.7 cm³/mol. The molecule has 2 saturated heterocycles. The minimum absolute atomic E-state index is 0.00495. The fraction of sp³-hybridized carbons (Fsp3) is 0.471. The third kappa shape index (κ3) is 3.41. The molecule has 2 atom stereocenters. The molecular formula is C17H21N3O4. The van der Waals surface area contributed by atoms with E-state index in [1.54, 1.807) is 0 Å². The van der Waals surface area contributed by atoms with Gasteiger partial charge in [0.15, 0.2) is 0 Å². The van der Waals surface area contributed by atoms with Crippen LogP contribution >= 0.6 is 0 Å². The number of urea groups is 1. The number of nitrogens with zero attached hydrogens (tertiary/aromatic N) is 2. The van der Waals surface area contributed by atoms with E-state index in [-0.39, 0.29) is 30.3 Å². The highest BCUT2D eigenvalue weighted by molar-refractivity contribution is 5.91. The number of carbonyl (C=O) groups excluding carboxylic acids is 3. The minimum atomic E-state index is -0.529. The van der Waals surface area contributed by atoms with Gasteiger partial charge in [0.25, 0.3) is 0 Å². The van der Waals surface area contributed by atoms with Crippen LogP contribution in [0.25, 0.3) is 0 Å². The summed E-state index contributed by atoms with van der Waals surface area (Å²) in [5.74, 6) is -0.389. The number of rotatable bonds is 6. The highest BCUT2D eigenvalue weighted by atomic mass is 16.7. The SMILES string of the molecule is CC(=O)CNC(=O)C1CC[C@@H]2CN1C(=O)N2OCc1ccccc1. The van der Waals surface area contributed by atoms with Crippen molar-refractivity contribution in [3.63, 3.8) is 0 Å². The highest BCUT2D eigenvalue weighted by Crippen LogP contribution is 2.30. The molecule has 2 fully saturated rings. The Bertz CT molecular complexity index is 634. The number of hydrogen-bond acceptors (Lipinski definition) is 4. The fourth-order valence-electron chi connectivity index (χ4n) is 3.12. The Morgan fingerprint density at radius 2 is 2.00 bits per heavy atom. The van der Waals surface area contributed by atoms with Crippen molar-refractivity contribution in [1.82, 2.24) is 15.3 Å². The normalized spacial score (nSPS) is 22.6. The van der Waals surface area contributed by atoms with Crippen molar-refractivity contribution < 1.29 is 19.2 Å². The van der Waals surface area contributed by atoms with E-state index in [0.29, 0.717) is 26.0 Å². The van der Waals surface area contributed by atoms with Gasteiger partial charge in [0.2, 0.25) is 5.91 Å². The number of fused-ring (bicyclic) bond motifs is 2. The molecule has 3 rings (SSSR count). The van der Waals surface area contributed by atoms with Crippen LogP contribution in [-0.4, -0.2) is 52.9 Å². The van der Waals surface area contributed by atoms with Crippen LogP contribution in [-0.2, 0) is 21.0 Å². The van der Waals surface area contributed by atoms with Gasteiger partial charge in [0, 0.05) is 6.54 Å². The van der Waals surface area contributed by atoms with Gasteiger partial charge in [-0.2, -0.15) is 5.06 Å². The molecule has 2 heterocycles. The molecule has 1 aromatic rings. The molecule has 2 bridgehead atoms. The Morgan fingerprint density at radius 3 is 2.71 bits per heavy atom. The zero-order valence-electron chi connectivity index (χ0n) is 13.6. The monoisotopic (exact) mass is 331 g/mol. The van der Waals surface area contributed by atoms with E-state index in [2.05, 4.69) is 5.32 Å². The van der Waals surface area contributed by atoms with E-state index < -0.39 is 6.04 Å². The standard InChI is InChI=1S/C17H21N3O4/c1-12(21)9-18-16(22)15-8-7-14-10-19(15)17(23)20(14)24-11-13-5-3-2-4-6-13/h2-6,14-15H,7-11H2,1H3,(H,18,22)/t14-,15?/m1/s1. The van der Waals surface area contributed by atoms with E-state index in [0.717, 1.165) is 5.56 Å². The average Bonchev–Trinajstić information content (AvgIpc) is 2.83. The molecule has 1 N–H and O–H groups in total. The van der Waals surface area contributed by atoms with Gasteiger partial charge in [0.05, 0.1) is 12.6 Å². The van der Waals surface area contributed by atoms with E-state index in [9.17, 15) is 14.4 Å². The molecule has 0 radical (unpaired) electrons. The lowest BCUT2D eigenvalue weighted by Crippen LogP contribution is -2.50. The summed E-state index contributed by atoms with van der Waals surface area (Å²) in [6, 6.07) is 8.79. The average molecular weight is 331 g/mol. The third-order valence-electron chi connectivity index (χ3n) is 4.35. The van der Waals surface area contributed by atoms with Crippen molar-refractivity contribution in [2.45, 2.75) is 38.5 Å². The van der Waals surface area contributed by atoms with Gasteiger partial charge < -0.3 is 10.2 Å². The van der Waals surface area contributed by atoms with Crippen molar-refractivity contribution in [1.29, 1.82) is 0 Å². The largest absolute Gasteiger partial charge is 0.347 e. The lowest BCUT2D eigenvalue weighted by molar-refractivity contribution is -0.140. The Morgan fingerprint density at radius 1 is 1.25 bits per heavy atom. The number of amides is 3. The molecule has 2 aliphatic rings. The van der Waals surface area contributed by atoms with E-state index in [1.165, 1.54) is 16.9 Å². The lowest BCUT2D eigenvalue weighted by Gasteiger charge is -2.29. The van der Waals surface area contributed by atoms with Crippen LogP contribution in [0.3, 0.4) is 0 Å². The molecule has 0 aromatic heterocycles. The minimum Gasteiger partial charge on any atom is -0.347 e. The maximum atomic E-state index is 12.5. The van der Waals surface area contributed by atoms with Gasteiger partial charge in [0.1, 0.15) is 18.4 Å². The molecular weight excluding hydrogens is 310 g/mol. The second kappa shape index (κ2) is 7.00. The number of hydrogen-bond donors (Lipinski definition) is 1. The Hall–Kier alpha value is -2.41. The van der Waals surface area contributed by atoms with Crippen LogP contribution in [0.4, 0.5) is 4.79 Å². The summed E-state index contributed by atoms with van der Waals surface area (Å²) < 4.78 is 0. The van der Waals surface area contributed by atoms with Crippen molar-refractivity contribution in [2.75, 3.05) is 13.1 Å². The molecule has 24 heavy (non-hydrogen) atoms. The van der Waals surface area contributed by atoms with E-state index in [1.807, 2.05) is 30.3 Å². The van der Waals surface area contributed by atoms with Crippen molar-refractivity contribution in [3.8, 4) is 0 Å². The second-order valence-electron chi connectivity index (χ2n) is 6.19. The molecule has 7 nitrogen and oxygen atoms in total. The third-order valence-corrected chi connectivity index (χ3v) is 4.35. The Kier molecular flexibility index (Phi) is 4.80. The van der Waals surface area contributed by atoms with E-state index >= 15 is 0 Å². The van der Waals surface area contributed by atoms with Crippen LogP contribution in [0.1, 0.15) is 25.3 Å². The van der Waals surface area contributed by atoms with Crippen LogP contribution < -0.4 is 5.32 Å². The highest BCUT2D eigenvalue weighted by Gasteiger charge is 2.47. The van der Waals surface area contributed by atoms with Crippen molar-refractivity contribution in [2.24, 2.45) is 0 Å². The topological polar surface area (TPSA) is 79.0 Å². The van der Waals surface area contributed by atoms with E-state index in [4.69, 9.17) is 4.84 Å². The smallest absolute Gasteiger partial charge is 0.345 e. The fourth-order valence-corrected chi connectivity index (χ4v) is 3.12. The number of Topliss-reactive ketones (excluding diaryl/α,β-unsaturated/α-hetero) is 1. The number of carbonyl (C=O) groups is 3. The van der Waals surface area contributed by atoms with Gasteiger partial charge in [-0.1, -0.05) is 30.3 Å². The Labute approximate surface area is 140 Å². The summed E-state index contributed by atoms with van der Waals surface area (Å²) in [5, 5.41) is 3.98. The summed E-state index contributed by atoms with van der Waals surface area (Å²) in [6.07, 6.45) is 1.28. The second-order valence-corrected chi connectivity index (χ2v) is 6.19. The maximum absolute atomic E-state index is 12.5. The lowest BCUT2D eigenvalue weighted by atomic mass is 10.0. The van der Waals surface area contributed by atoms with Crippen LogP contribution in [0, 0.1) is 0 Å². The molecule has 0 spiro atoms. The molecule has 1 unspecified atom stereocenters. The van der Waals surface area contributed by atoms with Crippen LogP contribution in [0.5, 0.6) is 0 Å². The number of ketones is 1. The zero-order valence-corrected chi connectivity index (χ0v) is 13.6. The molecule has 0 saturated carbocycles. The molecule has 128 valence electrons. The number of nitrogens with one attached hydrogen (secondary N) is 1. The van der Waals surface area contributed by atoms with Crippen LogP contribution in [0.15, 0.2) is 30.3 Å². The number of piperidine rings is 1. The molecule has 7 heteroatoms. The zero-order chi connectivity index (χ0) is 17.1. The van der Waals surface area contributed by atoms with Gasteiger partial charge in [-0.15, -0.1) is 0 Å². The quantitative estimate of drug-likeness (QED) is 0.846. The van der Waals surface area contributed by atoms with Gasteiger partial charge >= 0.3 is 6.03 Å². The molecule has 1 aromatic carbocycles. The molecule has 3 amide bonds.